The van der Waals surface area contributed by atoms with Crippen molar-refractivity contribution in [2.75, 3.05) is 5.32 Å². The third-order valence-electron chi connectivity index (χ3n) is 5.63. The largest absolute Gasteiger partial charge is 0.373 e. The zero-order chi connectivity index (χ0) is 18.9. The van der Waals surface area contributed by atoms with E-state index in [0.717, 1.165) is 18.5 Å². The molecule has 3 rings (SSSR count). The highest BCUT2D eigenvalue weighted by atomic mass is 16.3. The van der Waals surface area contributed by atoms with Gasteiger partial charge >= 0.3 is 0 Å². The van der Waals surface area contributed by atoms with E-state index in [1.54, 1.807) is 4.57 Å². The van der Waals surface area contributed by atoms with Crippen molar-refractivity contribution in [2.24, 2.45) is 0 Å². The highest BCUT2D eigenvalue weighted by Crippen LogP contribution is 2.29. The smallest absolute Gasteiger partial charge is 0.207 e. The number of rotatable bonds is 12. The number of imidazole rings is 1. The van der Waals surface area contributed by atoms with Crippen molar-refractivity contribution in [1.29, 1.82) is 0 Å². The van der Waals surface area contributed by atoms with Crippen LogP contribution in [0.4, 0.5) is 5.95 Å². The highest BCUT2D eigenvalue weighted by molar-refractivity contribution is 5.53. The second-order valence-electron chi connectivity index (χ2n) is 7.94. The molecule has 0 fully saturated rings. The number of unbranched alkanes of at least 4 members (excludes halogenated alkanes) is 10. The van der Waals surface area contributed by atoms with Crippen LogP contribution < -0.4 is 5.32 Å². The van der Waals surface area contributed by atoms with Gasteiger partial charge in [-0.05, 0) is 6.42 Å². The van der Waals surface area contributed by atoms with E-state index in [1.165, 1.54) is 77.0 Å². The number of aliphatic hydroxyl groups excluding tert-OH is 1. The SMILES string of the molecule is CCCCCCCCCCCCC[C@@H]1C[C@@H](O)n2cc3ncnc-3nc2N1. The molecule has 0 amide bonds. The molecule has 3 aliphatic rings. The van der Waals surface area contributed by atoms with Gasteiger partial charge in [-0.2, -0.15) is 4.98 Å². The van der Waals surface area contributed by atoms with Crippen LogP contribution in [0, 0.1) is 0 Å². The number of aliphatic hydroxyl groups is 1. The van der Waals surface area contributed by atoms with Crippen molar-refractivity contribution in [3.8, 4) is 11.5 Å². The maximum absolute atomic E-state index is 10.4. The second-order valence-corrected chi connectivity index (χ2v) is 7.94. The van der Waals surface area contributed by atoms with Gasteiger partial charge in [-0.3, -0.25) is 4.57 Å². The van der Waals surface area contributed by atoms with Crippen LogP contribution >= 0.6 is 0 Å². The number of aromatic nitrogens is 4. The van der Waals surface area contributed by atoms with E-state index in [-0.39, 0.29) is 6.04 Å². The lowest BCUT2D eigenvalue weighted by Gasteiger charge is -2.31. The first-order valence-corrected chi connectivity index (χ1v) is 10.9. The predicted octanol–water partition coefficient (Wildman–Crippen LogP) is 5.15. The number of hydrogen-bond donors (Lipinski definition) is 2. The van der Waals surface area contributed by atoms with Crippen LogP contribution in [0.3, 0.4) is 0 Å². The molecule has 6 heteroatoms. The van der Waals surface area contributed by atoms with Crippen LogP contribution in [0.25, 0.3) is 11.5 Å². The van der Waals surface area contributed by atoms with E-state index in [4.69, 9.17) is 0 Å². The van der Waals surface area contributed by atoms with E-state index < -0.39 is 6.23 Å². The van der Waals surface area contributed by atoms with Crippen molar-refractivity contribution in [1.82, 2.24) is 19.5 Å². The lowest BCUT2D eigenvalue weighted by atomic mass is 10.0. The van der Waals surface area contributed by atoms with Gasteiger partial charge in [-0.1, -0.05) is 77.6 Å². The van der Waals surface area contributed by atoms with Gasteiger partial charge in [0.1, 0.15) is 18.2 Å². The van der Waals surface area contributed by atoms with Gasteiger partial charge in [0.2, 0.25) is 5.95 Å². The van der Waals surface area contributed by atoms with E-state index in [1.807, 2.05) is 6.20 Å². The summed E-state index contributed by atoms with van der Waals surface area (Å²) in [5, 5.41) is 13.9. The van der Waals surface area contributed by atoms with Gasteiger partial charge in [0.05, 0.1) is 0 Å². The molecular weight excluding hydrogens is 338 g/mol. The predicted molar refractivity (Wildman–Crippen MR) is 109 cm³/mol. The number of nitrogens with one attached hydrogen (secondary N) is 1. The van der Waals surface area contributed by atoms with Crippen LogP contribution in [0.1, 0.15) is 96.6 Å². The summed E-state index contributed by atoms with van der Waals surface area (Å²) >= 11 is 0. The molecule has 0 aliphatic carbocycles. The molecule has 0 aromatic heterocycles. The summed E-state index contributed by atoms with van der Waals surface area (Å²) < 4.78 is 1.77. The average molecular weight is 374 g/mol. The second kappa shape index (κ2) is 10.6. The lowest BCUT2D eigenvalue weighted by Crippen LogP contribution is -2.33. The molecule has 0 aromatic rings. The Morgan fingerprint density at radius 1 is 1.00 bits per heavy atom. The maximum Gasteiger partial charge on any atom is 0.207 e. The summed E-state index contributed by atoms with van der Waals surface area (Å²) in [4.78, 5) is 12.8. The van der Waals surface area contributed by atoms with Crippen LogP contribution in [0.15, 0.2) is 12.5 Å². The van der Waals surface area contributed by atoms with Gasteiger partial charge in [-0.15, -0.1) is 0 Å². The van der Waals surface area contributed by atoms with Crippen LogP contribution in [-0.4, -0.2) is 30.7 Å². The molecule has 0 saturated heterocycles. The number of fused-ring (bicyclic) bond motifs is 2. The molecule has 0 saturated carbocycles. The molecule has 0 radical (unpaired) electrons. The minimum atomic E-state index is -0.535. The normalized spacial score (nSPS) is 19.2. The molecule has 2 atom stereocenters. The zero-order valence-corrected chi connectivity index (χ0v) is 16.7. The Morgan fingerprint density at radius 3 is 2.37 bits per heavy atom. The van der Waals surface area contributed by atoms with Gasteiger partial charge in [0.15, 0.2) is 5.82 Å². The third kappa shape index (κ3) is 5.89. The summed E-state index contributed by atoms with van der Waals surface area (Å²) in [6.45, 7) is 2.27. The zero-order valence-electron chi connectivity index (χ0n) is 16.7. The van der Waals surface area contributed by atoms with Gasteiger partial charge < -0.3 is 10.4 Å². The van der Waals surface area contributed by atoms with Gasteiger partial charge in [-0.25, -0.2) is 9.97 Å². The van der Waals surface area contributed by atoms with Crippen LogP contribution in [-0.2, 0) is 0 Å². The van der Waals surface area contributed by atoms with E-state index in [9.17, 15) is 5.11 Å². The van der Waals surface area contributed by atoms with Crippen molar-refractivity contribution < 1.29 is 5.11 Å². The topological polar surface area (TPSA) is 75.9 Å². The molecular formula is C21H35N5O. The number of nitrogens with zero attached hydrogens (tertiary/aromatic N) is 4. The lowest BCUT2D eigenvalue weighted by molar-refractivity contribution is 0.0796. The van der Waals surface area contributed by atoms with Crippen molar-refractivity contribution in [3.05, 3.63) is 12.5 Å². The Balaban J connectivity index is 1.29. The van der Waals surface area contributed by atoms with Gasteiger partial charge in [0, 0.05) is 18.7 Å². The first kappa shape index (κ1) is 20.1. The monoisotopic (exact) mass is 373 g/mol. The molecule has 0 unspecified atom stereocenters. The first-order chi connectivity index (χ1) is 13.3. The third-order valence-corrected chi connectivity index (χ3v) is 5.63. The van der Waals surface area contributed by atoms with Crippen LogP contribution in [0.2, 0.25) is 0 Å². The highest BCUT2D eigenvalue weighted by Gasteiger charge is 2.26. The van der Waals surface area contributed by atoms with Crippen molar-refractivity contribution in [2.45, 2.75) is 103 Å². The fourth-order valence-electron chi connectivity index (χ4n) is 3.99. The molecule has 3 heterocycles. The summed E-state index contributed by atoms with van der Waals surface area (Å²) in [5.41, 5.74) is 0.725. The fraction of sp³-hybridized carbons (Fsp3) is 0.762. The molecule has 0 spiro atoms. The van der Waals surface area contributed by atoms with Gasteiger partial charge in [0.25, 0.3) is 0 Å². The van der Waals surface area contributed by atoms with E-state index in [2.05, 4.69) is 27.2 Å². The molecule has 2 N–H and O–H groups in total. The minimum absolute atomic E-state index is 0.284. The Morgan fingerprint density at radius 2 is 1.67 bits per heavy atom. The molecule has 0 aromatic carbocycles. The first-order valence-electron chi connectivity index (χ1n) is 10.9. The van der Waals surface area contributed by atoms with Crippen LogP contribution in [0.5, 0.6) is 0 Å². The quantitative estimate of drug-likeness (QED) is 0.503. The Bertz CT molecular complexity index is 644. The fourth-order valence-corrected chi connectivity index (χ4v) is 3.99. The minimum Gasteiger partial charge on any atom is -0.373 e. The summed E-state index contributed by atoms with van der Waals surface area (Å²) in [6.07, 6.45) is 19.6. The summed E-state index contributed by atoms with van der Waals surface area (Å²) in [5.74, 6) is 1.34. The molecule has 3 aliphatic heterocycles. The van der Waals surface area contributed by atoms with Crippen molar-refractivity contribution >= 4 is 5.95 Å². The number of hydrogen-bond acceptors (Lipinski definition) is 5. The number of anilines is 1. The summed E-state index contributed by atoms with van der Waals surface area (Å²) in [7, 11) is 0. The maximum atomic E-state index is 10.4. The van der Waals surface area contributed by atoms with E-state index in [0.29, 0.717) is 11.8 Å². The molecule has 0 bridgehead atoms. The Labute approximate surface area is 163 Å². The Hall–Kier alpha value is -1.69. The molecule has 27 heavy (non-hydrogen) atoms. The van der Waals surface area contributed by atoms with E-state index >= 15 is 0 Å². The average Bonchev–Trinajstić information content (AvgIpc) is 3.12. The standard InChI is InChI=1S/C21H35N5O/c1-2-3-4-5-6-7-8-9-10-11-12-13-17-14-19(27)26-15-18-20(23-16-22-18)25-21(26)24-17/h15-17,19,27H,2-14H2,1H3,(H,22,23,24,25)/t17-,19-/m1/s1. The van der Waals surface area contributed by atoms with Crippen molar-refractivity contribution in [3.63, 3.8) is 0 Å². The summed E-state index contributed by atoms with van der Waals surface area (Å²) in [6, 6.07) is 0.284. The molecule has 6 nitrogen and oxygen atoms in total. The molecule has 150 valence electrons. The Kier molecular flexibility index (Phi) is 7.87.